The summed E-state index contributed by atoms with van der Waals surface area (Å²) in [5.41, 5.74) is 9.09. The van der Waals surface area contributed by atoms with Gasteiger partial charge in [0.1, 0.15) is 5.84 Å². The standard InChI is InChI=1S/C15H20ClN5/c1-4-21-13(14(16)10(2)19-21)9-20(3)12-7-5-11(6-8-12)15(17)18/h5-8H,4,9H2,1-3H3,(H3,17,18). The molecule has 0 aliphatic carbocycles. The first-order valence-electron chi connectivity index (χ1n) is 6.81. The molecule has 0 radical (unpaired) electrons. The molecule has 6 heteroatoms. The second-order valence-corrected chi connectivity index (χ2v) is 5.36. The first-order valence-corrected chi connectivity index (χ1v) is 7.19. The van der Waals surface area contributed by atoms with E-state index in [1.54, 1.807) is 0 Å². The van der Waals surface area contributed by atoms with E-state index < -0.39 is 0 Å². The maximum atomic E-state index is 7.41. The molecule has 2 rings (SSSR count). The van der Waals surface area contributed by atoms with E-state index in [0.717, 1.165) is 34.2 Å². The lowest BCUT2D eigenvalue weighted by Crippen LogP contribution is -2.20. The van der Waals surface area contributed by atoms with Crippen molar-refractivity contribution in [3.63, 3.8) is 0 Å². The second-order valence-electron chi connectivity index (χ2n) is 4.98. The Labute approximate surface area is 129 Å². The molecular formula is C15H20ClN5. The number of halogens is 1. The number of nitrogens with zero attached hydrogens (tertiary/aromatic N) is 3. The summed E-state index contributed by atoms with van der Waals surface area (Å²) >= 11 is 6.34. The number of rotatable bonds is 5. The summed E-state index contributed by atoms with van der Waals surface area (Å²) in [6, 6.07) is 7.59. The fraction of sp³-hybridized carbons (Fsp3) is 0.333. The van der Waals surface area contributed by atoms with Crippen LogP contribution in [0.15, 0.2) is 24.3 Å². The third-order valence-electron chi connectivity index (χ3n) is 3.46. The minimum absolute atomic E-state index is 0.0759. The average Bonchev–Trinajstić information content (AvgIpc) is 2.75. The Hall–Kier alpha value is -2.01. The van der Waals surface area contributed by atoms with Crippen LogP contribution in [0.1, 0.15) is 23.9 Å². The van der Waals surface area contributed by atoms with Gasteiger partial charge in [-0.3, -0.25) is 10.1 Å². The monoisotopic (exact) mass is 305 g/mol. The van der Waals surface area contributed by atoms with E-state index in [4.69, 9.17) is 22.7 Å². The first kappa shape index (κ1) is 15.4. The molecule has 1 heterocycles. The summed E-state index contributed by atoms with van der Waals surface area (Å²) in [6.07, 6.45) is 0. The van der Waals surface area contributed by atoms with Gasteiger partial charge in [-0.25, -0.2) is 0 Å². The molecule has 0 saturated heterocycles. The molecule has 0 atom stereocenters. The van der Waals surface area contributed by atoms with Crippen LogP contribution in [0.3, 0.4) is 0 Å². The second kappa shape index (κ2) is 6.18. The quantitative estimate of drug-likeness (QED) is 0.659. The largest absolute Gasteiger partial charge is 0.384 e. The van der Waals surface area contributed by atoms with Crippen molar-refractivity contribution >= 4 is 23.1 Å². The van der Waals surface area contributed by atoms with Crippen molar-refractivity contribution in [2.75, 3.05) is 11.9 Å². The van der Waals surface area contributed by atoms with Gasteiger partial charge in [0, 0.05) is 24.8 Å². The lowest BCUT2D eigenvalue weighted by atomic mass is 10.2. The molecule has 0 unspecified atom stereocenters. The minimum atomic E-state index is 0.0759. The van der Waals surface area contributed by atoms with Crippen LogP contribution < -0.4 is 10.6 Å². The summed E-state index contributed by atoms with van der Waals surface area (Å²) in [5, 5.41) is 12.6. The molecule has 1 aromatic heterocycles. The molecule has 0 saturated carbocycles. The fourth-order valence-corrected chi connectivity index (χ4v) is 2.43. The lowest BCUT2D eigenvalue weighted by molar-refractivity contribution is 0.613. The van der Waals surface area contributed by atoms with Gasteiger partial charge in [0.2, 0.25) is 0 Å². The predicted molar refractivity (Wildman–Crippen MR) is 87.2 cm³/mol. The van der Waals surface area contributed by atoms with E-state index in [9.17, 15) is 0 Å². The van der Waals surface area contributed by atoms with E-state index in [0.29, 0.717) is 6.54 Å². The SMILES string of the molecule is CCn1nc(C)c(Cl)c1CN(C)c1ccc(C(=N)N)cc1. The predicted octanol–water partition coefficient (Wildman–Crippen LogP) is 2.79. The molecule has 0 aliphatic heterocycles. The highest BCUT2D eigenvalue weighted by molar-refractivity contribution is 6.31. The van der Waals surface area contributed by atoms with Gasteiger partial charge in [-0.2, -0.15) is 5.10 Å². The van der Waals surface area contributed by atoms with Gasteiger partial charge < -0.3 is 10.6 Å². The van der Waals surface area contributed by atoms with Gasteiger partial charge in [-0.15, -0.1) is 0 Å². The summed E-state index contributed by atoms with van der Waals surface area (Å²) in [7, 11) is 2.00. The number of hydrogen-bond donors (Lipinski definition) is 2. The summed E-state index contributed by atoms with van der Waals surface area (Å²) in [5.74, 6) is 0.0759. The first-order chi connectivity index (χ1) is 9.93. The molecule has 3 N–H and O–H groups in total. The van der Waals surface area contributed by atoms with E-state index in [1.807, 2.05) is 49.8 Å². The summed E-state index contributed by atoms with van der Waals surface area (Å²) in [4.78, 5) is 2.10. The van der Waals surface area contributed by atoms with E-state index in [2.05, 4.69) is 10.00 Å². The molecule has 2 aromatic rings. The average molecular weight is 306 g/mol. The number of hydrogen-bond acceptors (Lipinski definition) is 3. The van der Waals surface area contributed by atoms with Crippen molar-refractivity contribution in [1.29, 1.82) is 5.41 Å². The van der Waals surface area contributed by atoms with Gasteiger partial charge >= 0.3 is 0 Å². The van der Waals surface area contributed by atoms with Crippen LogP contribution in [0.2, 0.25) is 5.02 Å². The molecule has 112 valence electrons. The number of aryl methyl sites for hydroxylation is 2. The number of benzene rings is 1. The molecule has 0 bridgehead atoms. The molecule has 0 spiro atoms. The summed E-state index contributed by atoms with van der Waals surface area (Å²) < 4.78 is 1.93. The minimum Gasteiger partial charge on any atom is -0.384 e. The van der Waals surface area contributed by atoms with Crippen LogP contribution in [0.25, 0.3) is 0 Å². The van der Waals surface area contributed by atoms with Crippen LogP contribution in [0.4, 0.5) is 5.69 Å². The van der Waals surface area contributed by atoms with Gasteiger partial charge in [0.15, 0.2) is 0 Å². The summed E-state index contributed by atoms with van der Waals surface area (Å²) in [6.45, 7) is 5.43. The molecule has 0 fully saturated rings. The van der Waals surface area contributed by atoms with Crippen LogP contribution in [0.5, 0.6) is 0 Å². The number of nitrogens with one attached hydrogen (secondary N) is 1. The molecule has 5 nitrogen and oxygen atoms in total. The Balaban J connectivity index is 2.21. The number of nitrogens with two attached hydrogens (primary N) is 1. The Morgan fingerprint density at radius 1 is 1.38 bits per heavy atom. The number of aromatic nitrogens is 2. The van der Waals surface area contributed by atoms with E-state index in [1.165, 1.54) is 0 Å². The zero-order valence-electron chi connectivity index (χ0n) is 12.5. The fourth-order valence-electron chi connectivity index (χ4n) is 2.23. The van der Waals surface area contributed by atoms with Crippen LogP contribution >= 0.6 is 11.6 Å². The third kappa shape index (κ3) is 3.19. The molecular weight excluding hydrogens is 286 g/mol. The van der Waals surface area contributed by atoms with Crippen LogP contribution in [0, 0.1) is 12.3 Å². The maximum absolute atomic E-state index is 7.41. The number of anilines is 1. The zero-order valence-corrected chi connectivity index (χ0v) is 13.3. The number of amidine groups is 1. The molecule has 21 heavy (non-hydrogen) atoms. The van der Waals surface area contributed by atoms with Gasteiger partial charge in [0.05, 0.1) is 23.0 Å². The van der Waals surface area contributed by atoms with Gasteiger partial charge in [0.25, 0.3) is 0 Å². The zero-order chi connectivity index (χ0) is 15.6. The number of nitrogen functional groups attached to an aromatic ring is 1. The highest BCUT2D eigenvalue weighted by Gasteiger charge is 2.14. The topological polar surface area (TPSA) is 70.9 Å². The van der Waals surface area contributed by atoms with Crippen molar-refractivity contribution in [2.24, 2.45) is 5.73 Å². The van der Waals surface area contributed by atoms with Crippen molar-refractivity contribution in [1.82, 2.24) is 9.78 Å². The Morgan fingerprint density at radius 2 is 2.00 bits per heavy atom. The van der Waals surface area contributed by atoms with Gasteiger partial charge in [-0.05, 0) is 38.1 Å². The highest BCUT2D eigenvalue weighted by Crippen LogP contribution is 2.24. The highest BCUT2D eigenvalue weighted by atomic mass is 35.5. The molecule has 0 aliphatic rings. The van der Waals surface area contributed by atoms with Crippen LogP contribution in [-0.2, 0) is 13.1 Å². The lowest BCUT2D eigenvalue weighted by Gasteiger charge is -2.20. The smallest absolute Gasteiger partial charge is 0.122 e. The van der Waals surface area contributed by atoms with E-state index >= 15 is 0 Å². The van der Waals surface area contributed by atoms with Crippen molar-refractivity contribution in [3.8, 4) is 0 Å². The van der Waals surface area contributed by atoms with Crippen molar-refractivity contribution < 1.29 is 0 Å². The van der Waals surface area contributed by atoms with Crippen molar-refractivity contribution in [3.05, 3.63) is 46.2 Å². The van der Waals surface area contributed by atoms with E-state index in [-0.39, 0.29) is 5.84 Å². The maximum Gasteiger partial charge on any atom is 0.122 e. The molecule has 1 aromatic carbocycles. The van der Waals surface area contributed by atoms with Crippen LogP contribution in [-0.4, -0.2) is 22.7 Å². The Kier molecular flexibility index (Phi) is 4.53. The third-order valence-corrected chi connectivity index (χ3v) is 3.95. The normalized spacial score (nSPS) is 10.7. The Bertz CT molecular complexity index is 645. The van der Waals surface area contributed by atoms with Gasteiger partial charge in [-0.1, -0.05) is 11.6 Å². The van der Waals surface area contributed by atoms with Crippen molar-refractivity contribution in [2.45, 2.75) is 26.9 Å². The Morgan fingerprint density at radius 3 is 2.52 bits per heavy atom. The molecule has 0 amide bonds.